The van der Waals surface area contributed by atoms with Crippen LogP contribution >= 0.6 is 0 Å². The Balaban J connectivity index is 1.98. The summed E-state index contributed by atoms with van der Waals surface area (Å²) in [4.78, 5) is -0.0548. The Morgan fingerprint density at radius 2 is 1.61 bits per heavy atom. The molecule has 2 aromatic heterocycles. The van der Waals surface area contributed by atoms with Gasteiger partial charge in [-0.15, -0.1) is 0 Å². The second kappa shape index (κ2) is 7.05. The SMILES string of the molecule is Cc1cc2ccccn2c1C(=NS(=O)(=O)c1ccc(F)cc1)c1ccccc1. The van der Waals surface area contributed by atoms with E-state index in [1.165, 1.54) is 12.1 Å². The first kappa shape index (κ1) is 18.1. The summed E-state index contributed by atoms with van der Waals surface area (Å²) in [7, 11) is -4.03. The van der Waals surface area contributed by atoms with E-state index < -0.39 is 15.8 Å². The van der Waals surface area contributed by atoms with Crippen molar-refractivity contribution in [1.82, 2.24) is 4.40 Å². The number of aryl methyl sites for hydroxylation is 1. The highest BCUT2D eigenvalue weighted by Crippen LogP contribution is 2.23. The minimum absolute atomic E-state index is 0.0548. The van der Waals surface area contributed by atoms with Crippen LogP contribution in [0.4, 0.5) is 4.39 Å². The summed E-state index contributed by atoms with van der Waals surface area (Å²) < 4.78 is 45.2. The first-order chi connectivity index (χ1) is 13.5. The Labute approximate surface area is 162 Å². The molecule has 0 aliphatic heterocycles. The van der Waals surface area contributed by atoms with E-state index in [9.17, 15) is 12.8 Å². The molecule has 0 saturated heterocycles. The monoisotopic (exact) mass is 392 g/mol. The average molecular weight is 392 g/mol. The van der Waals surface area contributed by atoms with Gasteiger partial charge in [-0.2, -0.15) is 12.8 Å². The van der Waals surface area contributed by atoms with Crippen molar-refractivity contribution in [3.63, 3.8) is 0 Å². The van der Waals surface area contributed by atoms with Crippen molar-refractivity contribution in [2.75, 3.05) is 0 Å². The molecule has 0 N–H and O–H groups in total. The molecule has 0 saturated carbocycles. The van der Waals surface area contributed by atoms with E-state index in [1.54, 1.807) is 0 Å². The summed E-state index contributed by atoms with van der Waals surface area (Å²) in [6.45, 7) is 1.92. The van der Waals surface area contributed by atoms with Crippen LogP contribution < -0.4 is 0 Å². The van der Waals surface area contributed by atoms with Crippen molar-refractivity contribution < 1.29 is 12.8 Å². The third kappa shape index (κ3) is 3.34. The summed E-state index contributed by atoms with van der Waals surface area (Å²) in [5, 5.41) is 0. The number of fused-ring (bicyclic) bond motifs is 1. The molecule has 6 heteroatoms. The van der Waals surface area contributed by atoms with Gasteiger partial charge in [0, 0.05) is 17.3 Å². The van der Waals surface area contributed by atoms with Crippen molar-refractivity contribution in [3.8, 4) is 0 Å². The molecule has 0 aliphatic carbocycles. The van der Waals surface area contributed by atoms with Crippen LogP contribution in [0.15, 0.2) is 94.4 Å². The Hall–Kier alpha value is -3.25. The summed E-state index contributed by atoms with van der Waals surface area (Å²) >= 11 is 0. The summed E-state index contributed by atoms with van der Waals surface area (Å²) in [6, 6.07) is 21.6. The van der Waals surface area contributed by atoms with Gasteiger partial charge in [-0.1, -0.05) is 36.4 Å². The molecular weight excluding hydrogens is 375 g/mol. The number of aromatic nitrogens is 1. The maximum absolute atomic E-state index is 13.2. The highest BCUT2D eigenvalue weighted by molar-refractivity contribution is 7.90. The zero-order chi connectivity index (χ0) is 19.7. The molecule has 4 rings (SSSR count). The number of hydrogen-bond acceptors (Lipinski definition) is 2. The summed E-state index contributed by atoms with van der Waals surface area (Å²) in [6.07, 6.45) is 1.88. The van der Waals surface area contributed by atoms with E-state index in [2.05, 4.69) is 4.40 Å². The topological polar surface area (TPSA) is 50.9 Å². The van der Waals surface area contributed by atoms with Gasteiger partial charge < -0.3 is 4.40 Å². The molecule has 2 heterocycles. The van der Waals surface area contributed by atoms with Crippen LogP contribution in [-0.2, 0) is 10.0 Å². The predicted octanol–water partition coefficient (Wildman–Crippen LogP) is 4.61. The van der Waals surface area contributed by atoms with Gasteiger partial charge in [-0.25, -0.2) is 4.39 Å². The standard InChI is InChI=1S/C22H17FN2O2S/c1-16-15-19-9-5-6-14-25(19)22(16)21(17-7-3-2-4-8-17)24-28(26,27)20-12-10-18(23)11-13-20/h2-15H,1H3. The molecule has 0 fully saturated rings. The van der Waals surface area contributed by atoms with Gasteiger partial charge in [0.05, 0.1) is 10.6 Å². The molecule has 140 valence electrons. The van der Waals surface area contributed by atoms with Crippen molar-refractivity contribution in [3.05, 3.63) is 108 Å². The zero-order valence-corrected chi connectivity index (χ0v) is 15.9. The Morgan fingerprint density at radius 1 is 0.929 bits per heavy atom. The van der Waals surface area contributed by atoms with Crippen LogP contribution in [-0.4, -0.2) is 18.5 Å². The first-order valence-electron chi connectivity index (χ1n) is 8.69. The van der Waals surface area contributed by atoms with Gasteiger partial charge in [0.25, 0.3) is 10.0 Å². The van der Waals surface area contributed by atoms with E-state index in [4.69, 9.17) is 0 Å². The van der Waals surface area contributed by atoms with Crippen LogP contribution in [0.2, 0.25) is 0 Å². The number of halogens is 1. The molecule has 4 aromatic rings. The maximum Gasteiger partial charge on any atom is 0.282 e. The molecular formula is C22H17FN2O2S. The Morgan fingerprint density at radius 3 is 2.32 bits per heavy atom. The number of sulfonamides is 1. The molecule has 0 radical (unpaired) electrons. The van der Waals surface area contributed by atoms with E-state index in [0.29, 0.717) is 17.0 Å². The lowest BCUT2D eigenvalue weighted by Crippen LogP contribution is -2.12. The maximum atomic E-state index is 13.2. The fraction of sp³-hybridized carbons (Fsp3) is 0.0455. The number of rotatable bonds is 4. The normalized spacial score (nSPS) is 12.4. The quantitative estimate of drug-likeness (QED) is 0.476. The minimum atomic E-state index is -4.03. The Bertz CT molecular complexity index is 1280. The molecule has 0 amide bonds. The van der Waals surface area contributed by atoms with Crippen LogP contribution in [0.5, 0.6) is 0 Å². The fourth-order valence-electron chi connectivity index (χ4n) is 3.17. The number of pyridine rings is 1. The Kier molecular flexibility index (Phi) is 4.57. The third-order valence-electron chi connectivity index (χ3n) is 4.46. The molecule has 0 bridgehead atoms. The highest BCUT2D eigenvalue weighted by Gasteiger charge is 2.20. The molecule has 2 aromatic carbocycles. The molecule has 0 unspecified atom stereocenters. The molecule has 0 spiro atoms. The lowest BCUT2D eigenvalue weighted by molar-refractivity contribution is 0.596. The van der Waals surface area contributed by atoms with Crippen LogP contribution in [0, 0.1) is 12.7 Å². The van der Waals surface area contributed by atoms with Crippen molar-refractivity contribution in [1.29, 1.82) is 0 Å². The smallest absolute Gasteiger partial charge is 0.282 e. The fourth-order valence-corrected chi connectivity index (χ4v) is 4.18. The molecule has 28 heavy (non-hydrogen) atoms. The first-order valence-corrected chi connectivity index (χ1v) is 10.1. The largest absolute Gasteiger partial charge is 0.315 e. The van der Waals surface area contributed by atoms with E-state index in [1.807, 2.05) is 72.1 Å². The van der Waals surface area contributed by atoms with Crippen LogP contribution in [0.25, 0.3) is 5.52 Å². The lowest BCUT2D eigenvalue weighted by Gasteiger charge is -2.10. The van der Waals surface area contributed by atoms with Crippen molar-refractivity contribution in [2.45, 2.75) is 11.8 Å². The molecule has 0 aliphatic rings. The third-order valence-corrected chi connectivity index (χ3v) is 5.76. The van der Waals surface area contributed by atoms with Gasteiger partial charge in [0.2, 0.25) is 0 Å². The number of nitrogens with zero attached hydrogens (tertiary/aromatic N) is 2. The van der Waals surface area contributed by atoms with Gasteiger partial charge in [-0.05, 0) is 55.0 Å². The van der Waals surface area contributed by atoms with Crippen molar-refractivity contribution >= 4 is 21.3 Å². The minimum Gasteiger partial charge on any atom is -0.315 e. The van der Waals surface area contributed by atoms with Gasteiger partial charge >= 0.3 is 0 Å². The van der Waals surface area contributed by atoms with E-state index >= 15 is 0 Å². The second-order valence-corrected chi connectivity index (χ2v) is 8.01. The van der Waals surface area contributed by atoms with Crippen molar-refractivity contribution in [2.24, 2.45) is 4.40 Å². The number of benzene rings is 2. The predicted molar refractivity (Wildman–Crippen MR) is 108 cm³/mol. The van der Waals surface area contributed by atoms with Crippen LogP contribution in [0.3, 0.4) is 0 Å². The lowest BCUT2D eigenvalue weighted by atomic mass is 10.1. The van der Waals surface area contributed by atoms with E-state index in [-0.39, 0.29) is 4.90 Å². The average Bonchev–Trinajstić information content (AvgIpc) is 3.03. The van der Waals surface area contributed by atoms with E-state index in [0.717, 1.165) is 23.2 Å². The molecule has 4 nitrogen and oxygen atoms in total. The zero-order valence-electron chi connectivity index (χ0n) is 15.1. The summed E-state index contributed by atoms with van der Waals surface area (Å²) in [5.74, 6) is -0.500. The van der Waals surface area contributed by atoms with Gasteiger partial charge in [-0.3, -0.25) is 0 Å². The van der Waals surface area contributed by atoms with Gasteiger partial charge in [0.15, 0.2) is 0 Å². The van der Waals surface area contributed by atoms with Crippen LogP contribution in [0.1, 0.15) is 16.8 Å². The molecule has 0 atom stereocenters. The van der Waals surface area contributed by atoms with Gasteiger partial charge in [0.1, 0.15) is 11.5 Å². The highest BCUT2D eigenvalue weighted by atomic mass is 32.2. The summed E-state index contributed by atoms with van der Waals surface area (Å²) in [5.41, 5.74) is 3.57. The second-order valence-electron chi connectivity index (χ2n) is 6.41. The number of hydrogen-bond donors (Lipinski definition) is 0.